The van der Waals surface area contributed by atoms with Gasteiger partial charge in [-0.1, -0.05) is 17.4 Å². The highest BCUT2D eigenvalue weighted by Gasteiger charge is 2.20. The number of halogens is 1. The molecule has 0 radical (unpaired) electrons. The average molecular weight is 415 g/mol. The first-order valence-electron chi connectivity index (χ1n) is 9.31. The molecule has 0 spiro atoms. The first kappa shape index (κ1) is 19.1. The summed E-state index contributed by atoms with van der Waals surface area (Å²) in [6.07, 6.45) is 6.27. The molecular weight excluding hydrogens is 392 g/mol. The lowest BCUT2D eigenvalue weighted by Gasteiger charge is -2.31. The van der Waals surface area contributed by atoms with Crippen molar-refractivity contribution in [2.24, 2.45) is 7.05 Å². The van der Waals surface area contributed by atoms with Gasteiger partial charge in [-0.3, -0.25) is 9.67 Å². The van der Waals surface area contributed by atoms with Gasteiger partial charge in [0.1, 0.15) is 5.52 Å². The largest absolute Gasteiger partial charge is 0.348 e. The van der Waals surface area contributed by atoms with E-state index in [1.165, 1.54) is 17.5 Å². The van der Waals surface area contributed by atoms with Gasteiger partial charge in [-0.25, -0.2) is 4.98 Å². The molecule has 1 aromatic carbocycles. The molecule has 4 heterocycles. The lowest BCUT2D eigenvalue weighted by Crippen LogP contribution is -2.41. The van der Waals surface area contributed by atoms with E-state index < -0.39 is 0 Å². The number of rotatable bonds is 3. The van der Waals surface area contributed by atoms with Crippen LogP contribution in [0, 0.1) is 0 Å². The van der Waals surface area contributed by atoms with Crippen LogP contribution in [0.1, 0.15) is 12.8 Å². The second-order valence-corrected chi connectivity index (χ2v) is 8.21. The van der Waals surface area contributed by atoms with Gasteiger partial charge in [0.25, 0.3) is 0 Å². The molecule has 0 atom stereocenters. The molecule has 1 fully saturated rings. The van der Waals surface area contributed by atoms with E-state index in [9.17, 15) is 0 Å². The van der Waals surface area contributed by atoms with Crippen molar-refractivity contribution < 1.29 is 0 Å². The van der Waals surface area contributed by atoms with Crippen LogP contribution >= 0.6 is 23.7 Å². The normalized spacial score (nSPS) is 15.1. The Bertz CT molecular complexity index is 1110. The summed E-state index contributed by atoms with van der Waals surface area (Å²) in [5.74, 6) is 0. The zero-order valence-corrected chi connectivity index (χ0v) is 17.6. The molecule has 0 bridgehead atoms. The number of hydrogen-bond donors (Lipinski definition) is 1. The highest BCUT2D eigenvalue weighted by molar-refractivity contribution is 7.22. The van der Waals surface area contributed by atoms with Gasteiger partial charge < -0.3 is 10.2 Å². The second-order valence-electron chi connectivity index (χ2n) is 7.20. The molecule has 1 N–H and O–H groups in total. The minimum atomic E-state index is 0. The molecule has 4 aromatic rings. The number of thiazole rings is 1. The van der Waals surface area contributed by atoms with E-state index in [4.69, 9.17) is 4.98 Å². The standard InChI is InChI=1S/C20H22N6S.ClH/c1-25-12-14-9-13(3-4-16(14)24-25)17-10-19-18(11-22-17)23-20(27-19)26(2)15-5-7-21-8-6-15;/h3-4,9-12,15,21H,5-8H2,1-2H3;1H. The summed E-state index contributed by atoms with van der Waals surface area (Å²) >= 11 is 1.75. The Balaban J connectivity index is 0.00000192. The van der Waals surface area contributed by atoms with Gasteiger partial charge in [0.2, 0.25) is 0 Å². The molecule has 28 heavy (non-hydrogen) atoms. The fourth-order valence-electron chi connectivity index (χ4n) is 3.79. The molecule has 1 aliphatic rings. The van der Waals surface area contributed by atoms with Crippen LogP contribution in [0.4, 0.5) is 5.13 Å². The Morgan fingerprint density at radius 1 is 1.18 bits per heavy atom. The molecule has 0 amide bonds. The first-order chi connectivity index (χ1) is 13.2. The number of benzene rings is 1. The minimum Gasteiger partial charge on any atom is -0.348 e. The maximum atomic E-state index is 4.82. The maximum Gasteiger partial charge on any atom is 0.186 e. The van der Waals surface area contributed by atoms with Gasteiger partial charge in [-0.2, -0.15) is 5.10 Å². The third kappa shape index (κ3) is 3.45. The molecule has 0 unspecified atom stereocenters. The number of pyridine rings is 1. The predicted octanol–water partition coefficient (Wildman–Crippen LogP) is 3.86. The quantitative estimate of drug-likeness (QED) is 0.551. The Kier molecular flexibility index (Phi) is 5.23. The molecule has 3 aromatic heterocycles. The Morgan fingerprint density at radius 3 is 2.82 bits per heavy atom. The van der Waals surface area contributed by atoms with Crippen molar-refractivity contribution in [3.05, 3.63) is 36.7 Å². The van der Waals surface area contributed by atoms with Crippen molar-refractivity contribution in [1.29, 1.82) is 0 Å². The molecule has 1 saturated heterocycles. The topological polar surface area (TPSA) is 58.9 Å². The van der Waals surface area contributed by atoms with E-state index >= 15 is 0 Å². The maximum absolute atomic E-state index is 4.82. The Hall–Kier alpha value is -2.22. The van der Waals surface area contributed by atoms with E-state index in [1.54, 1.807) is 11.3 Å². The summed E-state index contributed by atoms with van der Waals surface area (Å²) < 4.78 is 3.03. The number of hydrogen-bond acceptors (Lipinski definition) is 6. The number of aryl methyl sites for hydroxylation is 1. The van der Waals surface area contributed by atoms with E-state index in [1.807, 2.05) is 24.1 Å². The summed E-state index contributed by atoms with van der Waals surface area (Å²) in [4.78, 5) is 11.8. The highest BCUT2D eigenvalue weighted by Crippen LogP contribution is 2.33. The third-order valence-corrected chi connectivity index (χ3v) is 6.45. The summed E-state index contributed by atoms with van der Waals surface area (Å²) in [5.41, 5.74) is 4.07. The van der Waals surface area contributed by atoms with Crippen molar-refractivity contribution in [3.8, 4) is 11.3 Å². The number of fused-ring (bicyclic) bond motifs is 2. The van der Waals surface area contributed by atoms with Crippen LogP contribution in [0.15, 0.2) is 36.7 Å². The fourth-order valence-corrected chi connectivity index (χ4v) is 4.79. The minimum absolute atomic E-state index is 0. The van der Waals surface area contributed by atoms with E-state index in [2.05, 4.69) is 51.6 Å². The number of nitrogens with zero attached hydrogens (tertiary/aromatic N) is 5. The Morgan fingerprint density at radius 2 is 2.00 bits per heavy atom. The van der Waals surface area contributed by atoms with Crippen LogP contribution in [-0.4, -0.2) is 45.9 Å². The lowest BCUT2D eigenvalue weighted by atomic mass is 10.1. The van der Waals surface area contributed by atoms with Crippen LogP contribution in [0.2, 0.25) is 0 Å². The molecular formula is C20H23ClN6S. The highest BCUT2D eigenvalue weighted by atomic mass is 35.5. The molecule has 8 heteroatoms. The van der Waals surface area contributed by atoms with E-state index in [0.717, 1.165) is 45.9 Å². The van der Waals surface area contributed by atoms with Crippen LogP contribution < -0.4 is 10.2 Å². The second kappa shape index (κ2) is 7.66. The Labute approximate surface area is 174 Å². The summed E-state index contributed by atoms with van der Waals surface area (Å²) in [6, 6.07) is 9.02. The van der Waals surface area contributed by atoms with Crippen LogP contribution in [0.25, 0.3) is 32.4 Å². The molecule has 0 saturated carbocycles. The summed E-state index contributed by atoms with van der Waals surface area (Å²) in [7, 11) is 4.11. The van der Waals surface area contributed by atoms with Crippen molar-refractivity contribution >= 4 is 50.0 Å². The average Bonchev–Trinajstić information content (AvgIpc) is 3.29. The van der Waals surface area contributed by atoms with Crippen LogP contribution in [0.3, 0.4) is 0 Å². The molecule has 146 valence electrons. The van der Waals surface area contributed by atoms with E-state index in [0.29, 0.717) is 6.04 Å². The van der Waals surface area contributed by atoms with Gasteiger partial charge in [-0.05, 0) is 44.1 Å². The fraction of sp³-hybridized carbons (Fsp3) is 0.350. The zero-order chi connectivity index (χ0) is 18.4. The lowest BCUT2D eigenvalue weighted by molar-refractivity contribution is 0.443. The number of aromatic nitrogens is 4. The summed E-state index contributed by atoms with van der Waals surface area (Å²) in [5, 5.41) is 10.1. The van der Waals surface area contributed by atoms with Crippen molar-refractivity contribution in [1.82, 2.24) is 25.1 Å². The van der Waals surface area contributed by atoms with Crippen LogP contribution in [0.5, 0.6) is 0 Å². The zero-order valence-electron chi connectivity index (χ0n) is 15.9. The predicted molar refractivity (Wildman–Crippen MR) is 119 cm³/mol. The van der Waals surface area contributed by atoms with E-state index in [-0.39, 0.29) is 12.4 Å². The van der Waals surface area contributed by atoms with Crippen molar-refractivity contribution in [2.45, 2.75) is 18.9 Å². The monoisotopic (exact) mass is 414 g/mol. The smallest absolute Gasteiger partial charge is 0.186 e. The van der Waals surface area contributed by atoms with Gasteiger partial charge in [0.15, 0.2) is 5.13 Å². The van der Waals surface area contributed by atoms with Crippen molar-refractivity contribution in [2.75, 3.05) is 25.0 Å². The van der Waals surface area contributed by atoms with Crippen LogP contribution in [-0.2, 0) is 7.05 Å². The van der Waals surface area contributed by atoms with Gasteiger partial charge in [0, 0.05) is 37.3 Å². The SMILES string of the molecule is CN(c1nc2cnc(-c3ccc4nn(C)cc4c3)cc2s1)C1CCNCC1.Cl. The molecule has 1 aliphatic heterocycles. The molecule has 6 nitrogen and oxygen atoms in total. The number of piperidine rings is 1. The third-order valence-electron chi connectivity index (χ3n) is 5.34. The molecule has 0 aliphatic carbocycles. The van der Waals surface area contributed by atoms with Gasteiger partial charge >= 0.3 is 0 Å². The van der Waals surface area contributed by atoms with Gasteiger partial charge in [0.05, 0.1) is 22.1 Å². The number of anilines is 1. The number of nitrogens with one attached hydrogen (secondary N) is 1. The summed E-state index contributed by atoms with van der Waals surface area (Å²) in [6.45, 7) is 2.17. The first-order valence-corrected chi connectivity index (χ1v) is 10.1. The molecule has 5 rings (SSSR count). The van der Waals surface area contributed by atoms with Gasteiger partial charge in [-0.15, -0.1) is 12.4 Å². The van der Waals surface area contributed by atoms with Crippen molar-refractivity contribution in [3.63, 3.8) is 0 Å².